The summed E-state index contributed by atoms with van der Waals surface area (Å²) in [5, 5.41) is 0. The van der Waals surface area contributed by atoms with Crippen molar-refractivity contribution in [2.24, 2.45) is 5.92 Å². The number of hydrogen-bond donors (Lipinski definition) is 0. The minimum absolute atomic E-state index is 0.654. The monoisotopic (exact) mass is 262 g/mol. The van der Waals surface area contributed by atoms with Gasteiger partial charge in [-0.3, -0.25) is 0 Å². The van der Waals surface area contributed by atoms with Crippen molar-refractivity contribution in [3.63, 3.8) is 0 Å². The van der Waals surface area contributed by atoms with Crippen LogP contribution in [0.5, 0.6) is 0 Å². The summed E-state index contributed by atoms with van der Waals surface area (Å²) in [5.74, 6) is 0.768. The summed E-state index contributed by atoms with van der Waals surface area (Å²) in [7, 11) is -2.99. The molecule has 1 saturated heterocycles. The zero-order valence-electron chi connectivity index (χ0n) is 11.4. The van der Waals surface area contributed by atoms with Crippen molar-refractivity contribution in [1.82, 2.24) is 9.21 Å². The molecule has 1 aliphatic heterocycles. The highest BCUT2D eigenvalue weighted by atomic mass is 32.2. The molecule has 0 N–H and O–H groups in total. The second-order valence-electron chi connectivity index (χ2n) is 5.03. The average Bonchev–Trinajstić information content (AvgIpc) is 2.28. The largest absolute Gasteiger partial charge is 0.300 e. The fraction of sp³-hybridized carbons (Fsp3) is 1.00. The minimum atomic E-state index is -2.99. The van der Waals surface area contributed by atoms with Crippen LogP contribution in [0.2, 0.25) is 0 Å². The maximum absolute atomic E-state index is 11.4. The Morgan fingerprint density at radius 1 is 1.12 bits per heavy atom. The molecule has 1 heterocycles. The highest BCUT2D eigenvalue weighted by molar-refractivity contribution is 7.88. The maximum atomic E-state index is 11.4. The van der Waals surface area contributed by atoms with E-state index in [1.54, 1.807) is 4.31 Å². The molecular formula is C12H26N2O2S. The van der Waals surface area contributed by atoms with Crippen LogP contribution in [0, 0.1) is 5.92 Å². The molecule has 0 aromatic carbocycles. The molecule has 1 rings (SSSR count). The van der Waals surface area contributed by atoms with Gasteiger partial charge in [0.15, 0.2) is 0 Å². The normalized spacial score (nSPS) is 21.6. The predicted molar refractivity (Wildman–Crippen MR) is 71.5 cm³/mol. The van der Waals surface area contributed by atoms with E-state index < -0.39 is 10.0 Å². The Hall–Kier alpha value is -0.130. The zero-order chi connectivity index (χ0) is 12.9. The Labute approximate surface area is 106 Å². The van der Waals surface area contributed by atoms with Crippen LogP contribution in [0.25, 0.3) is 0 Å². The lowest BCUT2D eigenvalue weighted by Crippen LogP contribution is -2.49. The van der Waals surface area contributed by atoms with Gasteiger partial charge < -0.3 is 4.90 Å². The molecule has 0 aromatic rings. The highest BCUT2D eigenvalue weighted by Gasteiger charge is 2.24. The number of sulfonamides is 1. The Bertz CT molecular complexity index is 308. The lowest BCUT2D eigenvalue weighted by atomic mass is 10.00. The van der Waals surface area contributed by atoms with E-state index in [1.807, 2.05) is 0 Å². The lowest BCUT2D eigenvalue weighted by molar-refractivity contribution is 0.160. The Morgan fingerprint density at radius 3 is 2.12 bits per heavy atom. The molecule has 0 radical (unpaired) electrons. The molecular weight excluding hydrogens is 236 g/mol. The molecule has 1 unspecified atom stereocenters. The summed E-state index contributed by atoms with van der Waals surface area (Å²) >= 11 is 0. The third kappa shape index (κ3) is 4.94. The van der Waals surface area contributed by atoms with Gasteiger partial charge in [-0.15, -0.1) is 0 Å². The van der Waals surface area contributed by atoms with Crippen LogP contribution in [0.4, 0.5) is 0 Å². The Kier molecular flexibility index (Phi) is 5.89. The summed E-state index contributed by atoms with van der Waals surface area (Å²) < 4.78 is 24.4. The highest BCUT2D eigenvalue weighted by Crippen LogP contribution is 2.14. The quantitative estimate of drug-likeness (QED) is 0.726. The smallest absolute Gasteiger partial charge is 0.211 e. The van der Waals surface area contributed by atoms with Crippen molar-refractivity contribution in [3.8, 4) is 0 Å². The third-order valence-electron chi connectivity index (χ3n) is 3.59. The summed E-state index contributed by atoms with van der Waals surface area (Å²) in [6.45, 7) is 8.67. The van der Waals surface area contributed by atoms with E-state index in [-0.39, 0.29) is 0 Å². The average molecular weight is 262 g/mol. The number of piperazine rings is 1. The first-order valence-electron chi connectivity index (χ1n) is 6.64. The van der Waals surface area contributed by atoms with Gasteiger partial charge in [-0.25, -0.2) is 8.42 Å². The first kappa shape index (κ1) is 14.9. The van der Waals surface area contributed by atoms with E-state index in [4.69, 9.17) is 0 Å². The van der Waals surface area contributed by atoms with Crippen molar-refractivity contribution >= 4 is 10.0 Å². The molecule has 0 aromatic heterocycles. The molecule has 1 fully saturated rings. The molecule has 17 heavy (non-hydrogen) atoms. The van der Waals surface area contributed by atoms with Crippen LogP contribution < -0.4 is 0 Å². The molecule has 5 heteroatoms. The van der Waals surface area contributed by atoms with E-state index in [9.17, 15) is 8.42 Å². The van der Waals surface area contributed by atoms with Crippen LogP contribution in [0.3, 0.4) is 0 Å². The van der Waals surface area contributed by atoms with Gasteiger partial charge in [0, 0.05) is 32.7 Å². The summed E-state index contributed by atoms with van der Waals surface area (Å²) in [6, 6.07) is 0. The lowest BCUT2D eigenvalue weighted by Gasteiger charge is -2.35. The molecule has 1 atom stereocenters. The molecule has 1 aliphatic rings. The van der Waals surface area contributed by atoms with E-state index in [0.29, 0.717) is 13.1 Å². The van der Waals surface area contributed by atoms with Crippen LogP contribution in [-0.4, -0.2) is 56.6 Å². The summed E-state index contributed by atoms with van der Waals surface area (Å²) in [4.78, 5) is 2.41. The van der Waals surface area contributed by atoms with Gasteiger partial charge in [-0.2, -0.15) is 4.31 Å². The van der Waals surface area contributed by atoms with E-state index in [2.05, 4.69) is 18.7 Å². The molecule has 0 saturated carbocycles. The SMILES string of the molecule is CCCC(CC)CN1CCN(S(C)(=O)=O)CC1. The van der Waals surface area contributed by atoms with Crippen molar-refractivity contribution in [1.29, 1.82) is 0 Å². The minimum Gasteiger partial charge on any atom is -0.300 e. The van der Waals surface area contributed by atoms with Gasteiger partial charge in [0.2, 0.25) is 10.0 Å². The van der Waals surface area contributed by atoms with Gasteiger partial charge in [0.25, 0.3) is 0 Å². The summed E-state index contributed by atoms with van der Waals surface area (Å²) in [6.07, 6.45) is 5.04. The van der Waals surface area contributed by atoms with Gasteiger partial charge in [-0.05, 0) is 12.3 Å². The Morgan fingerprint density at radius 2 is 1.71 bits per heavy atom. The number of hydrogen-bond acceptors (Lipinski definition) is 3. The zero-order valence-corrected chi connectivity index (χ0v) is 12.2. The third-order valence-corrected chi connectivity index (χ3v) is 4.89. The molecule has 0 bridgehead atoms. The Balaban J connectivity index is 2.36. The van der Waals surface area contributed by atoms with E-state index in [1.165, 1.54) is 25.5 Å². The van der Waals surface area contributed by atoms with Crippen LogP contribution in [0.1, 0.15) is 33.1 Å². The van der Waals surface area contributed by atoms with Crippen LogP contribution >= 0.6 is 0 Å². The number of nitrogens with zero attached hydrogens (tertiary/aromatic N) is 2. The van der Waals surface area contributed by atoms with E-state index >= 15 is 0 Å². The van der Waals surface area contributed by atoms with Crippen LogP contribution in [-0.2, 0) is 10.0 Å². The van der Waals surface area contributed by atoms with Gasteiger partial charge >= 0.3 is 0 Å². The van der Waals surface area contributed by atoms with Crippen LogP contribution in [0.15, 0.2) is 0 Å². The van der Waals surface area contributed by atoms with Crippen molar-refractivity contribution in [2.75, 3.05) is 39.0 Å². The standard InChI is InChI=1S/C12H26N2O2S/c1-4-6-12(5-2)11-13-7-9-14(10-8-13)17(3,15)16/h12H,4-11H2,1-3H3. The topological polar surface area (TPSA) is 40.6 Å². The van der Waals surface area contributed by atoms with Gasteiger partial charge in [0.05, 0.1) is 6.26 Å². The first-order valence-corrected chi connectivity index (χ1v) is 8.49. The summed E-state index contributed by atoms with van der Waals surface area (Å²) in [5.41, 5.74) is 0. The second-order valence-corrected chi connectivity index (χ2v) is 7.01. The first-order chi connectivity index (χ1) is 7.97. The number of rotatable bonds is 6. The molecule has 0 amide bonds. The van der Waals surface area contributed by atoms with Crippen molar-refractivity contribution in [2.45, 2.75) is 33.1 Å². The fourth-order valence-corrected chi connectivity index (χ4v) is 3.27. The molecule has 0 spiro atoms. The maximum Gasteiger partial charge on any atom is 0.211 e. The molecule has 0 aliphatic carbocycles. The van der Waals surface area contributed by atoms with Crippen molar-refractivity contribution < 1.29 is 8.42 Å². The molecule has 4 nitrogen and oxygen atoms in total. The second kappa shape index (κ2) is 6.71. The predicted octanol–water partition coefficient (Wildman–Crippen LogP) is 1.39. The van der Waals surface area contributed by atoms with Crippen molar-refractivity contribution in [3.05, 3.63) is 0 Å². The van der Waals surface area contributed by atoms with Gasteiger partial charge in [0.1, 0.15) is 0 Å². The van der Waals surface area contributed by atoms with E-state index in [0.717, 1.165) is 25.6 Å². The molecule has 102 valence electrons. The fourth-order valence-electron chi connectivity index (χ4n) is 2.44. The van der Waals surface area contributed by atoms with Gasteiger partial charge in [-0.1, -0.05) is 26.7 Å².